The van der Waals surface area contributed by atoms with E-state index in [1.807, 2.05) is 55.4 Å². The summed E-state index contributed by atoms with van der Waals surface area (Å²) in [5.74, 6) is -0.713. The van der Waals surface area contributed by atoms with Crippen LogP contribution in [0.1, 0.15) is 55.5 Å². The number of allylic oxidation sites excluding steroid dienone is 6. The second kappa shape index (κ2) is 13.6. The van der Waals surface area contributed by atoms with Gasteiger partial charge in [0.1, 0.15) is 5.54 Å². The van der Waals surface area contributed by atoms with E-state index < -0.39 is 11.5 Å². The molecule has 2 aliphatic heterocycles. The monoisotopic (exact) mass is 537 g/mol. The summed E-state index contributed by atoms with van der Waals surface area (Å²) >= 11 is 1.49. The van der Waals surface area contributed by atoms with Crippen molar-refractivity contribution in [1.82, 2.24) is 14.7 Å². The maximum absolute atomic E-state index is 14.0. The fourth-order valence-corrected chi connectivity index (χ4v) is 5.96. The molecule has 2 heterocycles. The van der Waals surface area contributed by atoms with E-state index in [1.165, 1.54) is 11.8 Å². The number of likely N-dealkylation sites (tertiary alicyclic amines) is 1. The van der Waals surface area contributed by atoms with E-state index in [1.54, 1.807) is 24.3 Å². The highest BCUT2D eigenvalue weighted by atomic mass is 32.2. The summed E-state index contributed by atoms with van der Waals surface area (Å²) in [5.41, 5.74) is 1.28. The molecule has 0 bridgehead atoms. The topological polar surface area (TPSA) is 81.2 Å². The molecule has 204 valence electrons. The van der Waals surface area contributed by atoms with Crippen molar-refractivity contribution in [2.45, 2.75) is 51.6 Å². The van der Waals surface area contributed by atoms with Gasteiger partial charge in [0.15, 0.2) is 5.78 Å². The molecule has 2 aliphatic rings. The Morgan fingerprint density at radius 1 is 1.21 bits per heavy atom. The second-order valence-electron chi connectivity index (χ2n) is 9.66. The van der Waals surface area contributed by atoms with Gasteiger partial charge in [-0.1, -0.05) is 36.9 Å². The standard InChI is InChI=1S/C30H39N3O4S/c1-5-10-25(11-6-2)33-22-32(21-23-12-8-13-24(20-23)28(35)36)29(37)30(33)15-18-31(19-16-30)17-9-14-26(34)27(7-3)38-4/h5-8,10-13,20H,1,9,14-19,21-22H2,2-4H3,(H,35,36)/b11-6-,25-10+,27-7-. The number of rotatable bonds is 12. The molecular weight excluding hydrogens is 498 g/mol. The van der Waals surface area contributed by atoms with E-state index in [4.69, 9.17) is 0 Å². The Morgan fingerprint density at radius 3 is 2.55 bits per heavy atom. The third-order valence-electron chi connectivity index (χ3n) is 7.32. The van der Waals surface area contributed by atoms with Gasteiger partial charge in [0.25, 0.3) is 0 Å². The van der Waals surface area contributed by atoms with Crippen molar-refractivity contribution < 1.29 is 19.5 Å². The van der Waals surface area contributed by atoms with Crippen molar-refractivity contribution in [3.63, 3.8) is 0 Å². The molecule has 1 spiro atoms. The molecule has 1 N–H and O–H groups in total. The van der Waals surface area contributed by atoms with Gasteiger partial charge in [-0.3, -0.25) is 9.59 Å². The van der Waals surface area contributed by atoms with Gasteiger partial charge in [-0.25, -0.2) is 4.79 Å². The fraction of sp³-hybridized carbons (Fsp3) is 0.433. The molecule has 2 saturated heterocycles. The van der Waals surface area contributed by atoms with Crippen LogP contribution in [0.3, 0.4) is 0 Å². The van der Waals surface area contributed by atoms with E-state index in [2.05, 4.69) is 16.4 Å². The van der Waals surface area contributed by atoms with Crippen molar-refractivity contribution in [1.29, 1.82) is 0 Å². The molecule has 0 unspecified atom stereocenters. The molecule has 8 heteroatoms. The summed E-state index contributed by atoms with van der Waals surface area (Å²) in [5, 5.41) is 9.38. The third kappa shape index (κ3) is 6.66. The number of carboxylic acids is 1. The lowest BCUT2D eigenvalue weighted by Gasteiger charge is -2.43. The lowest BCUT2D eigenvalue weighted by atomic mass is 9.85. The maximum Gasteiger partial charge on any atom is 0.335 e. The predicted octanol–water partition coefficient (Wildman–Crippen LogP) is 5.08. The Balaban J connectivity index is 1.76. The third-order valence-corrected chi connectivity index (χ3v) is 8.22. The molecule has 0 atom stereocenters. The molecule has 3 rings (SSSR count). The highest BCUT2D eigenvalue weighted by Crippen LogP contribution is 2.39. The Labute approximate surface area is 230 Å². The minimum atomic E-state index is -0.980. The summed E-state index contributed by atoms with van der Waals surface area (Å²) in [6, 6.07) is 6.78. The zero-order valence-corrected chi connectivity index (χ0v) is 23.5. The highest BCUT2D eigenvalue weighted by Gasteiger charge is 2.53. The summed E-state index contributed by atoms with van der Waals surface area (Å²) < 4.78 is 0. The molecule has 1 amide bonds. The number of hydrogen-bond donors (Lipinski definition) is 1. The first-order chi connectivity index (χ1) is 18.3. The van der Waals surface area contributed by atoms with E-state index in [9.17, 15) is 19.5 Å². The number of Topliss-reactive ketones (excluding diaryl/α,β-unsaturated/α-hetero) is 1. The Kier molecular flexibility index (Phi) is 10.6. The zero-order valence-electron chi connectivity index (χ0n) is 22.7. The Morgan fingerprint density at radius 2 is 1.95 bits per heavy atom. The quantitative estimate of drug-likeness (QED) is 0.294. The summed E-state index contributed by atoms with van der Waals surface area (Å²) in [6.45, 7) is 10.9. The lowest BCUT2D eigenvalue weighted by molar-refractivity contribution is -0.135. The van der Waals surface area contributed by atoms with Crippen molar-refractivity contribution in [3.8, 4) is 0 Å². The normalized spacial score (nSPS) is 18.6. The Bertz CT molecular complexity index is 1130. The van der Waals surface area contributed by atoms with Crippen molar-refractivity contribution in [3.05, 3.63) is 83.0 Å². The van der Waals surface area contributed by atoms with Crippen molar-refractivity contribution >= 4 is 29.4 Å². The van der Waals surface area contributed by atoms with Gasteiger partial charge >= 0.3 is 5.97 Å². The number of amides is 1. The number of nitrogens with zero attached hydrogens (tertiary/aromatic N) is 3. The summed E-state index contributed by atoms with van der Waals surface area (Å²) in [6.07, 6.45) is 14.2. The molecule has 0 aromatic heterocycles. The largest absolute Gasteiger partial charge is 0.478 e. The van der Waals surface area contributed by atoms with E-state index >= 15 is 0 Å². The van der Waals surface area contributed by atoms with E-state index in [0.29, 0.717) is 32.5 Å². The average molecular weight is 538 g/mol. The van der Waals surface area contributed by atoms with Crippen LogP contribution in [0.2, 0.25) is 0 Å². The maximum atomic E-state index is 14.0. The minimum absolute atomic E-state index is 0.0743. The first-order valence-corrected chi connectivity index (χ1v) is 14.3. The first-order valence-electron chi connectivity index (χ1n) is 13.1. The van der Waals surface area contributed by atoms with Crippen LogP contribution in [-0.4, -0.2) is 75.6 Å². The van der Waals surface area contributed by atoms with Gasteiger partial charge in [-0.15, -0.1) is 11.8 Å². The minimum Gasteiger partial charge on any atom is -0.478 e. The van der Waals surface area contributed by atoms with Gasteiger partial charge in [-0.05, 0) is 75.8 Å². The van der Waals surface area contributed by atoms with Crippen LogP contribution in [0.5, 0.6) is 0 Å². The number of carboxylic acid groups (broad SMARTS) is 1. The smallest absolute Gasteiger partial charge is 0.335 e. The number of piperidine rings is 1. The molecular formula is C30H39N3O4S. The van der Waals surface area contributed by atoms with Crippen LogP contribution < -0.4 is 0 Å². The number of ketones is 1. The molecule has 0 saturated carbocycles. The van der Waals surface area contributed by atoms with Gasteiger partial charge in [0.2, 0.25) is 5.91 Å². The highest BCUT2D eigenvalue weighted by molar-refractivity contribution is 8.03. The first kappa shape index (κ1) is 29.5. The number of aromatic carboxylic acids is 1. The van der Waals surface area contributed by atoms with Crippen LogP contribution in [0.15, 0.2) is 71.8 Å². The predicted molar refractivity (Wildman–Crippen MR) is 154 cm³/mol. The van der Waals surface area contributed by atoms with Crippen LogP contribution in [-0.2, 0) is 16.1 Å². The van der Waals surface area contributed by atoms with Crippen LogP contribution >= 0.6 is 11.8 Å². The Hall–Kier alpha value is -3.10. The van der Waals surface area contributed by atoms with E-state index in [-0.39, 0.29) is 17.3 Å². The number of carbonyl (C=O) groups excluding carboxylic acids is 2. The van der Waals surface area contributed by atoms with Crippen molar-refractivity contribution in [2.75, 3.05) is 32.6 Å². The molecule has 38 heavy (non-hydrogen) atoms. The van der Waals surface area contributed by atoms with Crippen molar-refractivity contribution in [2.24, 2.45) is 0 Å². The average Bonchev–Trinajstić information content (AvgIpc) is 3.16. The summed E-state index contributed by atoms with van der Waals surface area (Å²) in [7, 11) is 0. The molecule has 1 aromatic rings. The summed E-state index contributed by atoms with van der Waals surface area (Å²) in [4.78, 5) is 45.0. The molecule has 0 aliphatic carbocycles. The molecule has 1 aromatic carbocycles. The van der Waals surface area contributed by atoms with Gasteiger partial charge < -0.3 is 19.8 Å². The van der Waals surface area contributed by atoms with Crippen LogP contribution in [0, 0.1) is 0 Å². The van der Waals surface area contributed by atoms with Gasteiger partial charge in [-0.2, -0.15) is 0 Å². The van der Waals surface area contributed by atoms with Gasteiger partial charge in [0, 0.05) is 36.7 Å². The fourth-order valence-electron chi connectivity index (χ4n) is 5.39. The zero-order chi connectivity index (χ0) is 27.7. The number of carbonyl (C=O) groups is 3. The SMILES string of the molecule is C=C/C=C(\C=C/C)N1CN(Cc2cccc(C(=O)O)c2)C(=O)C12CCN(CCCC(=O)/C(=C/C)SC)CC2. The second-order valence-corrected chi connectivity index (χ2v) is 10.5. The van der Waals surface area contributed by atoms with Crippen LogP contribution in [0.4, 0.5) is 0 Å². The molecule has 0 radical (unpaired) electrons. The van der Waals surface area contributed by atoms with E-state index in [0.717, 1.165) is 42.2 Å². The van der Waals surface area contributed by atoms with Gasteiger partial charge in [0.05, 0.1) is 12.2 Å². The molecule has 2 fully saturated rings. The van der Waals surface area contributed by atoms with Crippen LogP contribution in [0.25, 0.3) is 0 Å². The molecule has 7 nitrogen and oxygen atoms in total. The number of hydrogen-bond acceptors (Lipinski definition) is 6. The number of benzene rings is 1. The lowest BCUT2D eigenvalue weighted by Crippen LogP contribution is -2.55. The number of thioether (sulfide) groups is 1.